The van der Waals surface area contributed by atoms with E-state index in [1.54, 1.807) is 6.92 Å². The Balaban J connectivity index is 3.61. The number of rotatable bonds is 6. The van der Waals surface area contributed by atoms with E-state index in [1.807, 2.05) is 0 Å². The molecule has 1 rings (SSSR count). The van der Waals surface area contributed by atoms with E-state index in [4.69, 9.17) is 14.6 Å². The van der Waals surface area contributed by atoms with Crippen molar-refractivity contribution >= 4 is 11.7 Å². The molecule has 0 heterocycles. The summed E-state index contributed by atoms with van der Waals surface area (Å²) >= 11 is 0. The lowest BCUT2D eigenvalue weighted by atomic mass is 10.1. The van der Waals surface area contributed by atoms with Crippen molar-refractivity contribution in [1.82, 2.24) is 0 Å². The second-order valence-electron chi connectivity index (χ2n) is 3.34. The first-order valence-electron chi connectivity index (χ1n) is 5.43. The van der Waals surface area contributed by atoms with Gasteiger partial charge >= 0.3 is 11.7 Å². The average molecular weight is 273 g/mol. The van der Waals surface area contributed by atoms with Gasteiger partial charge in [-0.1, -0.05) is 0 Å². The number of hydrogen-bond donors (Lipinski definition) is 1. The molecule has 104 valence electrons. The molecule has 0 spiro atoms. The SMILES string of the molecule is CCOc1cc(C(=O)O)c(F)c(OCC)c1[N+](=O)[O-]. The van der Waals surface area contributed by atoms with Gasteiger partial charge in [-0.05, 0) is 13.8 Å². The third-order valence-electron chi connectivity index (χ3n) is 2.16. The normalized spacial score (nSPS) is 10.1. The lowest BCUT2D eigenvalue weighted by Crippen LogP contribution is -2.09. The molecule has 1 aromatic rings. The fraction of sp³-hybridized carbons (Fsp3) is 0.364. The predicted molar refractivity (Wildman–Crippen MR) is 62.4 cm³/mol. The minimum Gasteiger partial charge on any atom is -0.487 e. The Bertz CT molecular complexity index is 516. The summed E-state index contributed by atoms with van der Waals surface area (Å²) in [5.41, 5.74) is -1.45. The van der Waals surface area contributed by atoms with Crippen molar-refractivity contribution in [2.45, 2.75) is 13.8 Å². The monoisotopic (exact) mass is 273 g/mol. The maximum atomic E-state index is 13.9. The van der Waals surface area contributed by atoms with Crippen molar-refractivity contribution < 1.29 is 28.7 Å². The number of carbonyl (C=O) groups is 1. The molecule has 0 amide bonds. The van der Waals surface area contributed by atoms with Crippen LogP contribution < -0.4 is 9.47 Å². The molecule has 7 nitrogen and oxygen atoms in total. The molecule has 0 atom stereocenters. The van der Waals surface area contributed by atoms with E-state index in [0.717, 1.165) is 6.07 Å². The van der Waals surface area contributed by atoms with Gasteiger partial charge < -0.3 is 14.6 Å². The zero-order chi connectivity index (χ0) is 14.6. The maximum Gasteiger partial charge on any atom is 0.355 e. The Kier molecular flexibility index (Phi) is 4.62. The number of carboxylic acids is 1. The van der Waals surface area contributed by atoms with Crippen LogP contribution in [-0.2, 0) is 0 Å². The van der Waals surface area contributed by atoms with Gasteiger partial charge in [0.25, 0.3) is 0 Å². The second-order valence-corrected chi connectivity index (χ2v) is 3.34. The van der Waals surface area contributed by atoms with Gasteiger partial charge in [-0.2, -0.15) is 0 Å². The number of benzene rings is 1. The Hall–Kier alpha value is -2.38. The van der Waals surface area contributed by atoms with Crippen LogP contribution in [0, 0.1) is 15.9 Å². The van der Waals surface area contributed by atoms with E-state index in [2.05, 4.69) is 0 Å². The number of nitro benzene ring substituents is 1. The van der Waals surface area contributed by atoms with E-state index in [9.17, 15) is 19.3 Å². The van der Waals surface area contributed by atoms with E-state index in [-0.39, 0.29) is 19.0 Å². The first-order valence-corrected chi connectivity index (χ1v) is 5.43. The summed E-state index contributed by atoms with van der Waals surface area (Å²) < 4.78 is 23.7. The summed E-state index contributed by atoms with van der Waals surface area (Å²) in [7, 11) is 0. The number of carboxylic acid groups (broad SMARTS) is 1. The quantitative estimate of drug-likeness (QED) is 0.630. The van der Waals surface area contributed by atoms with Crippen LogP contribution in [0.5, 0.6) is 11.5 Å². The highest BCUT2D eigenvalue weighted by Crippen LogP contribution is 2.41. The minimum absolute atomic E-state index is 0.0492. The first kappa shape index (κ1) is 14.7. The smallest absolute Gasteiger partial charge is 0.355 e. The molecule has 1 N–H and O–H groups in total. The number of nitro groups is 1. The largest absolute Gasteiger partial charge is 0.487 e. The van der Waals surface area contributed by atoms with Gasteiger partial charge in [0, 0.05) is 6.07 Å². The van der Waals surface area contributed by atoms with Crippen molar-refractivity contribution in [2.75, 3.05) is 13.2 Å². The lowest BCUT2D eigenvalue weighted by molar-refractivity contribution is -0.387. The molecule has 8 heteroatoms. The van der Waals surface area contributed by atoms with Crippen LogP contribution in [0.25, 0.3) is 0 Å². The van der Waals surface area contributed by atoms with Gasteiger partial charge in [0.2, 0.25) is 11.5 Å². The number of ether oxygens (including phenoxy) is 2. The highest BCUT2D eigenvalue weighted by molar-refractivity contribution is 5.90. The predicted octanol–water partition coefficient (Wildman–Crippen LogP) is 2.23. The summed E-state index contributed by atoms with van der Waals surface area (Å²) in [5.74, 6) is -3.91. The molecule has 19 heavy (non-hydrogen) atoms. The average Bonchev–Trinajstić information content (AvgIpc) is 2.32. The molecule has 0 aliphatic rings. The number of aromatic carboxylic acids is 1. The van der Waals surface area contributed by atoms with Gasteiger partial charge in [0.15, 0.2) is 5.82 Å². The van der Waals surface area contributed by atoms with E-state index < -0.39 is 33.7 Å². The zero-order valence-electron chi connectivity index (χ0n) is 10.3. The molecule has 0 aliphatic heterocycles. The highest BCUT2D eigenvalue weighted by Gasteiger charge is 2.31. The van der Waals surface area contributed by atoms with Gasteiger partial charge in [-0.25, -0.2) is 9.18 Å². The van der Waals surface area contributed by atoms with Crippen molar-refractivity contribution in [3.05, 3.63) is 27.6 Å². The van der Waals surface area contributed by atoms with Gasteiger partial charge in [-0.15, -0.1) is 0 Å². The highest BCUT2D eigenvalue weighted by atomic mass is 19.1. The summed E-state index contributed by atoms with van der Waals surface area (Å²) in [6.45, 7) is 3.08. The van der Waals surface area contributed by atoms with Crippen molar-refractivity contribution in [3.8, 4) is 11.5 Å². The molecule has 0 bridgehead atoms. The van der Waals surface area contributed by atoms with Crippen LogP contribution in [0.1, 0.15) is 24.2 Å². The van der Waals surface area contributed by atoms with Crippen molar-refractivity contribution in [3.63, 3.8) is 0 Å². The number of halogens is 1. The standard InChI is InChI=1S/C11H12FNO6/c1-3-18-7-5-6(11(14)15)8(12)10(19-4-2)9(7)13(16)17/h5H,3-4H2,1-2H3,(H,14,15). The third-order valence-corrected chi connectivity index (χ3v) is 2.16. The molecule has 0 fully saturated rings. The third kappa shape index (κ3) is 2.90. The van der Waals surface area contributed by atoms with Crippen LogP contribution in [0.4, 0.5) is 10.1 Å². The van der Waals surface area contributed by atoms with Gasteiger partial charge in [0.1, 0.15) is 5.56 Å². The Morgan fingerprint density at radius 1 is 1.42 bits per heavy atom. The summed E-state index contributed by atoms with van der Waals surface area (Å²) in [5, 5.41) is 19.8. The Morgan fingerprint density at radius 3 is 2.42 bits per heavy atom. The molecule has 0 saturated heterocycles. The molecule has 0 aromatic heterocycles. The van der Waals surface area contributed by atoms with Crippen LogP contribution >= 0.6 is 0 Å². The van der Waals surface area contributed by atoms with E-state index >= 15 is 0 Å². The summed E-state index contributed by atoms with van der Waals surface area (Å²) in [6, 6.07) is 0.780. The number of hydrogen-bond acceptors (Lipinski definition) is 5. The van der Waals surface area contributed by atoms with Crippen molar-refractivity contribution in [1.29, 1.82) is 0 Å². The van der Waals surface area contributed by atoms with E-state index in [1.165, 1.54) is 6.92 Å². The van der Waals surface area contributed by atoms with Crippen molar-refractivity contribution in [2.24, 2.45) is 0 Å². The minimum atomic E-state index is -1.56. The molecule has 0 unspecified atom stereocenters. The van der Waals surface area contributed by atoms with Crippen LogP contribution in [0.3, 0.4) is 0 Å². The topological polar surface area (TPSA) is 98.9 Å². The first-order chi connectivity index (χ1) is 8.93. The summed E-state index contributed by atoms with van der Waals surface area (Å²) in [6.07, 6.45) is 0. The van der Waals surface area contributed by atoms with Gasteiger partial charge in [0.05, 0.1) is 18.1 Å². The van der Waals surface area contributed by atoms with Gasteiger partial charge in [-0.3, -0.25) is 10.1 Å². The molecular formula is C11H12FNO6. The Labute approximate surface area is 107 Å². The lowest BCUT2D eigenvalue weighted by Gasteiger charge is -2.11. The van der Waals surface area contributed by atoms with Crippen LogP contribution in [-0.4, -0.2) is 29.2 Å². The molecule has 0 saturated carbocycles. The van der Waals surface area contributed by atoms with E-state index in [0.29, 0.717) is 0 Å². The molecule has 1 aromatic carbocycles. The second kappa shape index (κ2) is 5.98. The Morgan fingerprint density at radius 2 is 2.00 bits per heavy atom. The van der Waals surface area contributed by atoms with Crippen LogP contribution in [0.2, 0.25) is 0 Å². The van der Waals surface area contributed by atoms with Crippen LogP contribution in [0.15, 0.2) is 6.07 Å². The molecule has 0 radical (unpaired) electrons. The fourth-order valence-corrected chi connectivity index (χ4v) is 1.47. The molecular weight excluding hydrogens is 261 g/mol. The molecule has 0 aliphatic carbocycles. The fourth-order valence-electron chi connectivity index (χ4n) is 1.47. The maximum absolute atomic E-state index is 13.9. The number of nitrogens with zero attached hydrogens (tertiary/aromatic N) is 1. The zero-order valence-corrected chi connectivity index (χ0v) is 10.3. The summed E-state index contributed by atoms with van der Waals surface area (Å²) in [4.78, 5) is 21.0.